The lowest BCUT2D eigenvalue weighted by molar-refractivity contribution is 0.0716. The summed E-state index contributed by atoms with van der Waals surface area (Å²) in [5.41, 5.74) is 0.227. The molecule has 0 aromatic rings. The highest BCUT2D eigenvalue weighted by molar-refractivity contribution is 7.99. The molecule has 0 aromatic carbocycles. The van der Waals surface area contributed by atoms with Crippen LogP contribution in [0.1, 0.15) is 26.2 Å². The van der Waals surface area contributed by atoms with E-state index in [1.54, 1.807) is 0 Å². The molecule has 15 heavy (non-hydrogen) atoms. The average Bonchev–Trinajstić information content (AvgIpc) is 2.70. The standard InChI is InChI=1S/C12H23NOS/c1-12(9-14-2)7-10(3-5-13-12)11-4-6-15-8-11/h10-11,13H,3-9H2,1-2H3. The van der Waals surface area contributed by atoms with Crippen molar-refractivity contribution < 1.29 is 4.74 Å². The van der Waals surface area contributed by atoms with E-state index in [1.807, 2.05) is 7.11 Å². The van der Waals surface area contributed by atoms with Gasteiger partial charge in [0, 0.05) is 12.6 Å². The van der Waals surface area contributed by atoms with Crippen LogP contribution in [0, 0.1) is 11.8 Å². The van der Waals surface area contributed by atoms with E-state index >= 15 is 0 Å². The normalized spacial score (nSPS) is 42.0. The quantitative estimate of drug-likeness (QED) is 0.801. The molecule has 2 rings (SSSR count). The predicted molar refractivity (Wildman–Crippen MR) is 66.4 cm³/mol. The first-order chi connectivity index (χ1) is 7.23. The fourth-order valence-corrected chi connectivity index (χ4v) is 4.45. The third-order valence-corrected chi connectivity index (χ3v) is 5.06. The van der Waals surface area contributed by atoms with E-state index in [0.29, 0.717) is 0 Å². The van der Waals surface area contributed by atoms with E-state index in [4.69, 9.17) is 4.74 Å². The van der Waals surface area contributed by atoms with Gasteiger partial charge in [-0.15, -0.1) is 0 Å². The van der Waals surface area contributed by atoms with E-state index in [0.717, 1.165) is 18.4 Å². The van der Waals surface area contributed by atoms with E-state index < -0.39 is 0 Å². The third-order valence-electron chi connectivity index (χ3n) is 3.87. The van der Waals surface area contributed by atoms with Gasteiger partial charge < -0.3 is 10.1 Å². The zero-order valence-electron chi connectivity index (χ0n) is 9.92. The number of ether oxygens (including phenoxy) is 1. The topological polar surface area (TPSA) is 21.3 Å². The summed E-state index contributed by atoms with van der Waals surface area (Å²) in [4.78, 5) is 0. The van der Waals surface area contributed by atoms with Crippen LogP contribution in [0.25, 0.3) is 0 Å². The molecule has 0 bridgehead atoms. The summed E-state index contributed by atoms with van der Waals surface area (Å²) in [6, 6.07) is 0. The Kier molecular flexibility index (Phi) is 3.97. The molecule has 88 valence electrons. The van der Waals surface area contributed by atoms with Gasteiger partial charge in [-0.1, -0.05) is 0 Å². The maximum absolute atomic E-state index is 5.33. The Morgan fingerprint density at radius 3 is 2.93 bits per heavy atom. The lowest BCUT2D eigenvalue weighted by Crippen LogP contribution is -2.52. The summed E-state index contributed by atoms with van der Waals surface area (Å²) in [5, 5.41) is 3.62. The second-order valence-corrected chi connectivity index (χ2v) is 6.45. The predicted octanol–water partition coefficient (Wildman–Crippen LogP) is 2.14. The first-order valence-corrected chi connectivity index (χ1v) is 7.21. The fraction of sp³-hybridized carbons (Fsp3) is 1.00. The maximum Gasteiger partial charge on any atom is 0.0641 e. The fourth-order valence-electron chi connectivity index (χ4n) is 3.07. The van der Waals surface area contributed by atoms with Gasteiger partial charge in [-0.2, -0.15) is 11.8 Å². The molecule has 0 radical (unpaired) electrons. The Balaban J connectivity index is 1.91. The summed E-state index contributed by atoms with van der Waals surface area (Å²) < 4.78 is 5.33. The highest BCUT2D eigenvalue weighted by Gasteiger charge is 2.36. The Bertz CT molecular complexity index is 202. The minimum Gasteiger partial charge on any atom is -0.383 e. The third kappa shape index (κ3) is 2.89. The molecule has 0 spiro atoms. The monoisotopic (exact) mass is 229 g/mol. The highest BCUT2D eigenvalue weighted by atomic mass is 32.2. The van der Waals surface area contributed by atoms with Gasteiger partial charge in [0.2, 0.25) is 0 Å². The number of methoxy groups -OCH3 is 1. The van der Waals surface area contributed by atoms with Crippen LogP contribution >= 0.6 is 11.8 Å². The van der Waals surface area contributed by atoms with Gasteiger partial charge in [-0.3, -0.25) is 0 Å². The zero-order valence-corrected chi connectivity index (χ0v) is 10.7. The van der Waals surface area contributed by atoms with Gasteiger partial charge >= 0.3 is 0 Å². The molecule has 3 unspecified atom stereocenters. The van der Waals surface area contributed by atoms with Crippen molar-refractivity contribution >= 4 is 11.8 Å². The average molecular weight is 229 g/mol. The van der Waals surface area contributed by atoms with Crippen LogP contribution in [0.2, 0.25) is 0 Å². The minimum atomic E-state index is 0.227. The lowest BCUT2D eigenvalue weighted by atomic mass is 9.76. The first kappa shape index (κ1) is 11.7. The van der Waals surface area contributed by atoms with Gasteiger partial charge in [0.05, 0.1) is 6.61 Å². The molecule has 0 aliphatic carbocycles. The molecule has 2 aliphatic heterocycles. The van der Waals surface area contributed by atoms with Crippen molar-refractivity contribution in [2.45, 2.75) is 31.7 Å². The second-order valence-electron chi connectivity index (χ2n) is 5.30. The molecular formula is C12H23NOS. The molecular weight excluding hydrogens is 206 g/mol. The minimum absolute atomic E-state index is 0.227. The van der Waals surface area contributed by atoms with Crippen molar-refractivity contribution in [2.24, 2.45) is 11.8 Å². The number of hydrogen-bond donors (Lipinski definition) is 1. The van der Waals surface area contributed by atoms with Crippen molar-refractivity contribution in [3.63, 3.8) is 0 Å². The summed E-state index contributed by atoms with van der Waals surface area (Å²) in [7, 11) is 1.81. The Morgan fingerprint density at radius 1 is 1.40 bits per heavy atom. The lowest BCUT2D eigenvalue weighted by Gasteiger charge is -2.41. The molecule has 0 amide bonds. The van der Waals surface area contributed by atoms with Crippen LogP contribution in [0.5, 0.6) is 0 Å². The molecule has 2 heterocycles. The molecule has 3 atom stereocenters. The summed E-state index contributed by atoms with van der Waals surface area (Å²) in [6.07, 6.45) is 4.11. The number of hydrogen-bond acceptors (Lipinski definition) is 3. The van der Waals surface area contributed by atoms with Crippen LogP contribution in [0.15, 0.2) is 0 Å². The Hall–Kier alpha value is 0.270. The number of rotatable bonds is 3. The highest BCUT2D eigenvalue weighted by Crippen LogP contribution is 2.37. The molecule has 0 saturated carbocycles. The van der Waals surface area contributed by atoms with Crippen LogP contribution in [0.4, 0.5) is 0 Å². The number of nitrogens with one attached hydrogen (secondary N) is 1. The number of piperidine rings is 1. The SMILES string of the molecule is COCC1(C)CC(C2CCSC2)CCN1. The summed E-state index contributed by atoms with van der Waals surface area (Å²) >= 11 is 2.14. The zero-order chi connectivity index (χ0) is 10.7. The molecule has 2 fully saturated rings. The molecule has 3 heteroatoms. The Labute approximate surface area is 97.5 Å². The maximum atomic E-state index is 5.33. The van der Waals surface area contributed by atoms with Gasteiger partial charge in [0.25, 0.3) is 0 Å². The molecule has 2 nitrogen and oxygen atoms in total. The van der Waals surface area contributed by atoms with Crippen molar-refractivity contribution in [1.82, 2.24) is 5.32 Å². The second kappa shape index (κ2) is 5.07. The van der Waals surface area contributed by atoms with E-state index in [-0.39, 0.29) is 5.54 Å². The Morgan fingerprint density at radius 2 is 2.27 bits per heavy atom. The largest absolute Gasteiger partial charge is 0.383 e. The van der Waals surface area contributed by atoms with Crippen molar-refractivity contribution in [1.29, 1.82) is 0 Å². The first-order valence-electron chi connectivity index (χ1n) is 6.05. The van der Waals surface area contributed by atoms with Gasteiger partial charge in [-0.25, -0.2) is 0 Å². The summed E-state index contributed by atoms with van der Waals surface area (Å²) in [5.74, 6) is 4.69. The van der Waals surface area contributed by atoms with Gasteiger partial charge in [-0.05, 0) is 56.1 Å². The molecule has 1 N–H and O–H groups in total. The van der Waals surface area contributed by atoms with E-state index in [2.05, 4.69) is 24.0 Å². The van der Waals surface area contributed by atoms with E-state index in [9.17, 15) is 0 Å². The van der Waals surface area contributed by atoms with E-state index in [1.165, 1.54) is 37.3 Å². The molecule has 2 aliphatic rings. The van der Waals surface area contributed by atoms with Crippen LogP contribution in [0.3, 0.4) is 0 Å². The van der Waals surface area contributed by atoms with Crippen LogP contribution in [-0.4, -0.2) is 37.3 Å². The van der Waals surface area contributed by atoms with Crippen molar-refractivity contribution in [2.75, 3.05) is 31.8 Å². The summed E-state index contributed by atoms with van der Waals surface area (Å²) in [6.45, 7) is 4.33. The van der Waals surface area contributed by atoms with Crippen molar-refractivity contribution in [3.8, 4) is 0 Å². The van der Waals surface area contributed by atoms with Crippen LogP contribution < -0.4 is 5.32 Å². The number of thioether (sulfide) groups is 1. The van der Waals surface area contributed by atoms with Gasteiger partial charge in [0.1, 0.15) is 0 Å². The molecule has 2 saturated heterocycles. The molecule has 0 aromatic heterocycles. The van der Waals surface area contributed by atoms with Crippen LogP contribution in [-0.2, 0) is 4.74 Å². The van der Waals surface area contributed by atoms with Crippen molar-refractivity contribution in [3.05, 3.63) is 0 Å². The smallest absolute Gasteiger partial charge is 0.0641 e. The van der Waals surface area contributed by atoms with Gasteiger partial charge in [0.15, 0.2) is 0 Å².